The average molecular weight is 648 g/mol. The van der Waals surface area contributed by atoms with Crippen molar-refractivity contribution < 1.29 is 13.2 Å². The number of halogens is 2. The van der Waals surface area contributed by atoms with Crippen LogP contribution in [-0.2, 0) is 34.2 Å². The van der Waals surface area contributed by atoms with E-state index in [1.165, 1.54) is 10.6 Å². The second kappa shape index (κ2) is 11.2. The van der Waals surface area contributed by atoms with E-state index in [-0.39, 0.29) is 31.1 Å². The maximum atomic E-state index is 14.2. The first kappa shape index (κ1) is 27.8. The van der Waals surface area contributed by atoms with Crippen molar-refractivity contribution in [2.24, 2.45) is 0 Å². The van der Waals surface area contributed by atoms with Gasteiger partial charge in [-0.25, -0.2) is 13.4 Å². The van der Waals surface area contributed by atoms with Crippen LogP contribution in [0.5, 0.6) is 0 Å². The summed E-state index contributed by atoms with van der Waals surface area (Å²) in [5.74, 6) is -0.133. The summed E-state index contributed by atoms with van der Waals surface area (Å²) in [6.07, 6.45) is 11.8. The maximum absolute atomic E-state index is 14.2. The lowest BCUT2D eigenvalue weighted by molar-refractivity contribution is -0.138. The number of sulfonamides is 1. The molecule has 6 rings (SSSR count). The Kier molecular flexibility index (Phi) is 7.77. The van der Waals surface area contributed by atoms with E-state index in [2.05, 4.69) is 37.9 Å². The summed E-state index contributed by atoms with van der Waals surface area (Å²) >= 11 is 9.98. The molecule has 0 N–H and O–H groups in total. The zero-order valence-electron chi connectivity index (χ0n) is 22.3. The normalized spacial score (nSPS) is 24.0. The number of rotatable bonds is 5. The van der Waals surface area contributed by atoms with Gasteiger partial charge in [-0.1, -0.05) is 17.7 Å². The molecule has 0 saturated carbocycles. The summed E-state index contributed by atoms with van der Waals surface area (Å²) in [4.78, 5) is 27.3. The minimum atomic E-state index is -3.61. The molecule has 1 unspecified atom stereocenters. The Morgan fingerprint density at radius 3 is 2.75 bits per heavy atom. The molecule has 2 fully saturated rings. The molecule has 3 aromatic rings. The molecule has 12 heteroatoms. The summed E-state index contributed by atoms with van der Waals surface area (Å²) in [6.45, 7) is 2.27. The Morgan fingerprint density at radius 2 is 1.98 bits per heavy atom. The first-order chi connectivity index (χ1) is 19.2. The summed E-state index contributed by atoms with van der Waals surface area (Å²) in [5, 5.41) is 0.686. The van der Waals surface area contributed by atoms with Crippen LogP contribution < -0.4 is 0 Å². The Balaban J connectivity index is 1.36. The highest BCUT2D eigenvalue weighted by Crippen LogP contribution is 2.39. The number of aromatic nitrogens is 3. The second-order valence-electron chi connectivity index (χ2n) is 10.9. The van der Waals surface area contributed by atoms with Crippen molar-refractivity contribution in [1.29, 1.82) is 0 Å². The average Bonchev–Trinajstić information content (AvgIpc) is 3.58. The number of fused-ring (bicyclic) bond motifs is 2. The quantitative estimate of drug-likeness (QED) is 0.421. The smallest absolute Gasteiger partial charge is 0.242 e. The third-order valence-electron chi connectivity index (χ3n) is 8.37. The van der Waals surface area contributed by atoms with Gasteiger partial charge in [0.05, 0.1) is 24.3 Å². The van der Waals surface area contributed by atoms with Crippen molar-refractivity contribution in [3.63, 3.8) is 0 Å². The number of hydrogen-bond acceptors (Lipinski definition) is 6. The number of likely N-dealkylation sites (tertiary alicyclic amines) is 1. The molecule has 4 heterocycles. The number of imidazole rings is 1. The minimum absolute atomic E-state index is 0.000946. The molecule has 3 aliphatic rings. The predicted octanol–water partition coefficient (Wildman–Crippen LogP) is 3.52. The summed E-state index contributed by atoms with van der Waals surface area (Å²) in [7, 11) is -3.61. The summed E-state index contributed by atoms with van der Waals surface area (Å²) in [5.41, 5.74) is 4.35. The number of carbonyl (C=O) groups is 1. The van der Waals surface area contributed by atoms with Gasteiger partial charge in [0.15, 0.2) is 0 Å². The number of amides is 1. The number of piperazine rings is 1. The zero-order chi connectivity index (χ0) is 28.0. The third kappa shape index (κ3) is 5.46. The fourth-order valence-corrected chi connectivity index (χ4v) is 8.15. The Hall–Kier alpha value is -2.31. The largest absolute Gasteiger partial charge is 0.336 e. The molecule has 1 aromatic carbocycles. The number of hydrogen-bond donors (Lipinski definition) is 0. The number of aryl methyl sites for hydroxylation is 2. The van der Waals surface area contributed by atoms with Crippen molar-refractivity contribution in [1.82, 2.24) is 28.6 Å². The monoisotopic (exact) mass is 646 g/mol. The number of carbonyl (C=O) groups excluding carboxylic acids is 1. The van der Waals surface area contributed by atoms with Crippen LogP contribution in [0.25, 0.3) is 0 Å². The first-order valence-electron chi connectivity index (χ1n) is 13.6. The van der Waals surface area contributed by atoms with Crippen LogP contribution in [0.3, 0.4) is 0 Å². The molecule has 2 saturated heterocycles. The molecule has 2 aromatic heterocycles. The predicted molar refractivity (Wildman–Crippen MR) is 157 cm³/mol. The fraction of sp³-hybridized carbons (Fsp3) is 0.464. The first-order valence-corrected chi connectivity index (χ1v) is 16.6. The van der Waals surface area contributed by atoms with E-state index in [1.54, 1.807) is 12.5 Å². The van der Waals surface area contributed by atoms with Crippen molar-refractivity contribution in [3.8, 4) is 0 Å². The van der Waals surface area contributed by atoms with Gasteiger partial charge in [0.2, 0.25) is 15.9 Å². The van der Waals surface area contributed by atoms with E-state index < -0.39 is 16.1 Å². The van der Waals surface area contributed by atoms with Gasteiger partial charge in [-0.15, -0.1) is 0 Å². The van der Waals surface area contributed by atoms with Gasteiger partial charge >= 0.3 is 0 Å². The van der Waals surface area contributed by atoms with Crippen molar-refractivity contribution >= 4 is 43.5 Å². The van der Waals surface area contributed by atoms with Crippen molar-refractivity contribution in [2.45, 2.75) is 50.4 Å². The maximum Gasteiger partial charge on any atom is 0.242 e. The van der Waals surface area contributed by atoms with Crippen LogP contribution in [0.4, 0.5) is 0 Å². The molecule has 2 aliphatic heterocycles. The number of nitrogens with zero attached hydrogens (tertiary/aromatic N) is 6. The van der Waals surface area contributed by atoms with E-state index >= 15 is 0 Å². The van der Waals surface area contributed by atoms with E-state index in [1.807, 2.05) is 34.0 Å². The van der Waals surface area contributed by atoms with Crippen LogP contribution >= 0.6 is 27.5 Å². The SMILES string of the molecule is CS(=O)(=O)N1CCN(C2c3ccc(Cl)cc3CCc3cc(Br)cnc32)C[C@@H]1C(=O)N1CCC[C@@H]1Cn1ccnc1. The van der Waals surface area contributed by atoms with E-state index in [9.17, 15) is 13.2 Å². The van der Waals surface area contributed by atoms with Gasteiger partial charge in [-0.05, 0) is 76.5 Å². The van der Waals surface area contributed by atoms with E-state index in [0.29, 0.717) is 24.7 Å². The fourth-order valence-electron chi connectivity index (χ4n) is 6.55. The summed E-state index contributed by atoms with van der Waals surface area (Å²) < 4.78 is 30.2. The van der Waals surface area contributed by atoms with Gasteiger partial charge in [0, 0.05) is 66.9 Å². The molecule has 1 amide bonds. The van der Waals surface area contributed by atoms with Gasteiger partial charge in [0.1, 0.15) is 6.04 Å². The lowest BCUT2D eigenvalue weighted by atomic mass is 9.95. The molecular weight excluding hydrogens is 616 g/mol. The van der Waals surface area contributed by atoms with E-state index in [0.717, 1.165) is 52.5 Å². The number of pyridine rings is 1. The number of benzene rings is 1. The summed E-state index contributed by atoms with van der Waals surface area (Å²) in [6, 6.07) is 7.06. The Bertz CT molecular complexity index is 1460. The lowest BCUT2D eigenvalue weighted by Crippen LogP contribution is -2.62. The topological polar surface area (TPSA) is 91.6 Å². The van der Waals surface area contributed by atoms with Crippen molar-refractivity contribution in [2.75, 3.05) is 32.4 Å². The van der Waals surface area contributed by atoms with E-state index in [4.69, 9.17) is 16.6 Å². The van der Waals surface area contributed by atoms with Gasteiger partial charge in [-0.3, -0.25) is 14.7 Å². The van der Waals surface area contributed by atoms with Gasteiger partial charge in [-0.2, -0.15) is 4.31 Å². The highest BCUT2D eigenvalue weighted by molar-refractivity contribution is 9.10. The van der Waals surface area contributed by atoms with Crippen LogP contribution in [0.15, 0.2) is 53.7 Å². The molecular formula is C28H32BrClN6O3S. The zero-order valence-corrected chi connectivity index (χ0v) is 25.4. The molecule has 0 spiro atoms. The lowest BCUT2D eigenvalue weighted by Gasteiger charge is -2.44. The minimum Gasteiger partial charge on any atom is -0.336 e. The molecule has 40 heavy (non-hydrogen) atoms. The molecule has 212 valence electrons. The van der Waals surface area contributed by atoms with Crippen LogP contribution in [0, 0.1) is 0 Å². The molecule has 9 nitrogen and oxygen atoms in total. The van der Waals surface area contributed by atoms with Crippen LogP contribution in [0.1, 0.15) is 41.3 Å². The second-order valence-corrected chi connectivity index (χ2v) is 14.2. The van der Waals surface area contributed by atoms with Gasteiger partial charge < -0.3 is 9.47 Å². The molecule has 3 atom stereocenters. The highest BCUT2D eigenvalue weighted by Gasteiger charge is 2.44. The molecule has 1 aliphatic carbocycles. The molecule has 0 radical (unpaired) electrons. The standard InChI is InChI=1S/C28H32BrClN6O3S/c1-40(38,39)36-12-11-34(17-25(36)28(37)35-9-2-3-23(35)16-33-10-8-31-18-33)27-24-7-6-22(30)14-19(24)4-5-20-13-21(29)15-32-26(20)27/h6-8,10,13-15,18,23,25,27H,2-5,9,11-12,16-17H2,1H3/t23-,25-,27?/m1/s1. The third-order valence-corrected chi connectivity index (χ3v) is 10.3. The Labute approximate surface area is 248 Å². The van der Waals surface area contributed by atoms with Crippen LogP contribution in [-0.4, -0.2) is 87.5 Å². The van der Waals surface area contributed by atoms with Crippen molar-refractivity contribution in [3.05, 3.63) is 81.1 Å². The van der Waals surface area contributed by atoms with Gasteiger partial charge in [0.25, 0.3) is 0 Å². The highest BCUT2D eigenvalue weighted by atomic mass is 79.9. The van der Waals surface area contributed by atoms with Crippen LogP contribution in [0.2, 0.25) is 5.02 Å². The molecule has 0 bridgehead atoms. The Morgan fingerprint density at radius 1 is 1.15 bits per heavy atom.